The number of cyclic esters (lactones) is 1. The quantitative estimate of drug-likeness (QED) is 0.527. The lowest BCUT2D eigenvalue weighted by molar-refractivity contribution is -0.597. The first-order valence-corrected chi connectivity index (χ1v) is 9.08. The van der Waals surface area contributed by atoms with Gasteiger partial charge in [0.1, 0.15) is 5.75 Å². The second kappa shape index (κ2) is 6.66. The average Bonchev–Trinajstić information content (AvgIpc) is 2.89. The summed E-state index contributed by atoms with van der Waals surface area (Å²) in [7, 11) is 0. The molecule has 0 N–H and O–H groups in total. The third kappa shape index (κ3) is 3.89. The number of benzene rings is 2. The van der Waals surface area contributed by atoms with Crippen molar-refractivity contribution >= 4 is 17.6 Å². The van der Waals surface area contributed by atoms with Crippen LogP contribution in [0.25, 0.3) is 0 Å². The molecule has 0 amide bonds. The topological polar surface area (TPSA) is 35.5 Å². The number of hydrogen-bond acceptors (Lipinski definition) is 3. The monoisotopic (exact) mass is 415 g/mol. The van der Waals surface area contributed by atoms with Crippen LogP contribution in [0.3, 0.4) is 0 Å². The molecule has 1 heterocycles. The van der Waals surface area contributed by atoms with Crippen LogP contribution in [0.5, 0.6) is 5.75 Å². The van der Waals surface area contributed by atoms with E-state index in [1.807, 2.05) is 24.3 Å². The minimum absolute atomic E-state index is 0.228. The van der Waals surface area contributed by atoms with Gasteiger partial charge in [-0.1, -0.05) is 11.6 Å². The molecule has 1 aliphatic heterocycles. The van der Waals surface area contributed by atoms with Gasteiger partial charge in [-0.3, -0.25) is 0 Å². The summed E-state index contributed by atoms with van der Waals surface area (Å²) in [5, 5.41) is 0.759. The fraction of sp³-hybridized carbons (Fsp3) is 0.188. The number of ether oxygens (including phenoxy) is 2. The Balaban J connectivity index is 1.63. The van der Waals surface area contributed by atoms with Gasteiger partial charge >= 0.3 is 27.2 Å². The van der Waals surface area contributed by atoms with Crippen molar-refractivity contribution in [1.82, 2.24) is 0 Å². The normalized spacial score (nSPS) is 17.6. The third-order valence-electron chi connectivity index (χ3n) is 3.00. The molecule has 0 radical (unpaired) electrons. The van der Waals surface area contributed by atoms with Crippen LogP contribution in [-0.2, 0) is 9.53 Å². The molecule has 2 aromatic rings. The van der Waals surface area contributed by atoms with Crippen LogP contribution in [0.4, 0.5) is 0 Å². The van der Waals surface area contributed by atoms with Crippen LogP contribution < -0.4 is 25.9 Å². The molecule has 0 saturated carbocycles. The van der Waals surface area contributed by atoms with Crippen molar-refractivity contribution in [2.75, 3.05) is 6.61 Å². The van der Waals surface area contributed by atoms with Crippen LogP contribution in [0, 0.1) is 7.14 Å². The Morgan fingerprint density at radius 1 is 1.05 bits per heavy atom. The number of esters is 1. The Hall–Kier alpha value is -1.27. The van der Waals surface area contributed by atoms with Gasteiger partial charge in [-0.25, -0.2) is 4.79 Å². The van der Waals surface area contributed by atoms with Crippen LogP contribution >= 0.6 is 11.6 Å². The lowest BCUT2D eigenvalue weighted by Crippen LogP contribution is -3.61. The Bertz CT molecular complexity index is 625. The highest BCUT2D eigenvalue weighted by molar-refractivity contribution is 6.30. The highest BCUT2D eigenvalue weighted by Crippen LogP contribution is 2.16. The lowest BCUT2D eigenvalue weighted by atomic mass is 10.3. The highest BCUT2D eigenvalue weighted by atomic mass is 127. The minimum atomic E-state index is -0.457. The van der Waals surface area contributed by atoms with E-state index in [1.54, 1.807) is 0 Å². The SMILES string of the molecule is O=C1OCCC1Oc1ccc([I+]c2ccc(Cl)cc2)cc1. The van der Waals surface area contributed by atoms with Crippen LogP contribution in [0.1, 0.15) is 6.42 Å². The van der Waals surface area contributed by atoms with Gasteiger partial charge in [0.25, 0.3) is 0 Å². The van der Waals surface area contributed by atoms with E-state index in [9.17, 15) is 4.79 Å². The second-order valence-electron chi connectivity index (χ2n) is 4.55. The van der Waals surface area contributed by atoms with E-state index in [4.69, 9.17) is 21.1 Å². The maximum absolute atomic E-state index is 11.4. The van der Waals surface area contributed by atoms with Gasteiger partial charge in [-0.05, 0) is 48.5 Å². The van der Waals surface area contributed by atoms with E-state index in [0.29, 0.717) is 18.8 Å². The maximum Gasteiger partial charge on any atom is 0.357 e. The zero-order chi connectivity index (χ0) is 14.7. The smallest absolute Gasteiger partial charge is 0.357 e. The Labute approximate surface area is 138 Å². The molecular weight excluding hydrogens is 403 g/mol. The summed E-state index contributed by atoms with van der Waals surface area (Å²) in [4.78, 5) is 11.4. The van der Waals surface area contributed by atoms with Crippen LogP contribution in [0.15, 0.2) is 48.5 Å². The third-order valence-corrected chi connectivity index (χ3v) is 5.94. The zero-order valence-electron chi connectivity index (χ0n) is 11.1. The first-order chi connectivity index (χ1) is 10.2. The van der Waals surface area contributed by atoms with Gasteiger partial charge in [0, 0.05) is 11.4 Å². The number of hydrogen-bond donors (Lipinski definition) is 0. The Morgan fingerprint density at radius 2 is 1.67 bits per heavy atom. The lowest BCUT2D eigenvalue weighted by Gasteiger charge is -2.08. The second-order valence-corrected chi connectivity index (χ2v) is 8.01. The summed E-state index contributed by atoms with van der Waals surface area (Å²) in [6, 6.07) is 15.9. The number of halogens is 2. The number of carbonyl (C=O) groups excluding carboxylic acids is 1. The van der Waals surface area contributed by atoms with Gasteiger partial charge in [-0.15, -0.1) is 0 Å². The van der Waals surface area contributed by atoms with Crippen molar-refractivity contribution in [2.45, 2.75) is 12.5 Å². The molecule has 2 aromatic carbocycles. The van der Waals surface area contributed by atoms with E-state index in [0.717, 1.165) is 5.02 Å². The summed E-state index contributed by atoms with van der Waals surface area (Å²) in [6.45, 7) is 0.448. The summed E-state index contributed by atoms with van der Waals surface area (Å²) >= 11 is 5.66. The fourth-order valence-electron chi connectivity index (χ4n) is 1.94. The molecule has 1 saturated heterocycles. The van der Waals surface area contributed by atoms with E-state index in [2.05, 4.69) is 24.3 Å². The van der Waals surface area contributed by atoms with Gasteiger partial charge in [0.15, 0.2) is 13.2 Å². The largest absolute Gasteiger partial charge is 0.479 e. The molecule has 0 bridgehead atoms. The maximum atomic E-state index is 11.4. The molecule has 0 spiro atoms. The Kier molecular flexibility index (Phi) is 4.65. The molecule has 3 rings (SSSR count). The molecule has 1 aliphatic rings. The molecule has 5 heteroatoms. The predicted molar refractivity (Wildman–Crippen MR) is 75.3 cm³/mol. The summed E-state index contributed by atoms with van der Waals surface area (Å²) in [6.07, 6.45) is 0.167. The van der Waals surface area contributed by atoms with Gasteiger partial charge in [0.05, 0.1) is 6.61 Å². The van der Waals surface area contributed by atoms with Crippen molar-refractivity contribution in [1.29, 1.82) is 0 Å². The molecule has 1 atom stereocenters. The van der Waals surface area contributed by atoms with Gasteiger partial charge in [-0.2, -0.15) is 0 Å². The predicted octanol–water partition coefficient (Wildman–Crippen LogP) is 0.163. The Morgan fingerprint density at radius 3 is 2.24 bits per heavy atom. The van der Waals surface area contributed by atoms with Crippen LogP contribution in [-0.4, -0.2) is 18.7 Å². The molecule has 0 aromatic heterocycles. The molecule has 0 aliphatic carbocycles. The average molecular weight is 416 g/mol. The minimum Gasteiger partial charge on any atom is -0.479 e. The first kappa shape index (κ1) is 14.7. The molecule has 1 unspecified atom stereocenters. The summed E-state index contributed by atoms with van der Waals surface area (Å²) < 4.78 is 13.1. The van der Waals surface area contributed by atoms with Crippen molar-refractivity contribution in [3.8, 4) is 5.75 Å². The highest BCUT2D eigenvalue weighted by Gasteiger charge is 2.28. The molecule has 3 nitrogen and oxygen atoms in total. The number of carbonyl (C=O) groups is 1. The van der Waals surface area contributed by atoms with E-state index >= 15 is 0 Å². The van der Waals surface area contributed by atoms with E-state index in [1.165, 1.54) is 7.14 Å². The van der Waals surface area contributed by atoms with Crippen molar-refractivity contribution in [2.24, 2.45) is 0 Å². The first-order valence-electron chi connectivity index (χ1n) is 6.54. The van der Waals surface area contributed by atoms with Gasteiger partial charge < -0.3 is 9.47 Å². The molecule has 21 heavy (non-hydrogen) atoms. The van der Waals surface area contributed by atoms with Crippen LogP contribution in [0.2, 0.25) is 5.02 Å². The zero-order valence-corrected chi connectivity index (χ0v) is 14.0. The molecule has 108 valence electrons. The van der Waals surface area contributed by atoms with E-state index < -0.39 is 6.10 Å². The van der Waals surface area contributed by atoms with Crippen molar-refractivity contribution in [3.05, 3.63) is 60.7 Å². The van der Waals surface area contributed by atoms with E-state index in [-0.39, 0.29) is 27.2 Å². The summed E-state index contributed by atoms with van der Waals surface area (Å²) in [5.41, 5.74) is 0. The van der Waals surface area contributed by atoms with Gasteiger partial charge in [0.2, 0.25) is 0 Å². The number of rotatable bonds is 4. The fourth-order valence-corrected chi connectivity index (χ4v) is 4.23. The summed E-state index contributed by atoms with van der Waals surface area (Å²) in [5.74, 6) is 0.440. The standard InChI is InChI=1S/C16H13ClIO3/c17-11-1-3-12(4-2-11)18-13-5-7-14(8-6-13)21-15-9-10-20-16(15)19/h1-8,15H,9-10H2/q+1. The van der Waals surface area contributed by atoms with Crippen molar-refractivity contribution in [3.63, 3.8) is 0 Å². The molecule has 1 fully saturated rings. The molecular formula is C16H13ClIO3+. The van der Waals surface area contributed by atoms with Crippen molar-refractivity contribution < 1.29 is 35.5 Å².